The number of aromatic carboxylic acids is 1. The number of H-pyrrole nitrogens is 1. The summed E-state index contributed by atoms with van der Waals surface area (Å²) in [5, 5.41) is 14.1. The number of carboxylic acid groups (broad SMARTS) is 1. The zero-order chi connectivity index (χ0) is 16.7. The van der Waals surface area contributed by atoms with E-state index in [1.165, 1.54) is 0 Å². The fraction of sp³-hybridized carbons (Fsp3) is 0.0588. The second-order valence-corrected chi connectivity index (χ2v) is 5.44. The number of rotatable bonds is 3. The molecule has 7 nitrogen and oxygen atoms in total. The average Bonchev–Trinajstić information content (AvgIpc) is 3.01. The molecule has 0 unspecified atom stereocenters. The number of anilines is 2. The molecule has 0 radical (unpaired) electrons. The van der Waals surface area contributed by atoms with Gasteiger partial charge in [0.2, 0.25) is 0 Å². The normalized spacial score (nSPS) is 11.0. The summed E-state index contributed by atoms with van der Waals surface area (Å²) in [7, 11) is 0. The van der Waals surface area contributed by atoms with E-state index in [1.54, 1.807) is 30.7 Å². The van der Waals surface area contributed by atoms with Crippen LogP contribution in [0.5, 0.6) is 0 Å². The molecule has 0 saturated carbocycles. The van der Waals surface area contributed by atoms with E-state index in [4.69, 9.17) is 0 Å². The average molecular weight is 319 g/mol. The van der Waals surface area contributed by atoms with Gasteiger partial charge < -0.3 is 15.4 Å². The van der Waals surface area contributed by atoms with E-state index >= 15 is 0 Å². The Balaban J connectivity index is 1.96. The van der Waals surface area contributed by atoms with Gasteiger partial charge in [0, 0.05) is 40.7 Å². The highest BCUT2D eigenvalue weighted by Crippen LogP contribution is 2.31. The number of hydrogen-bond acceptors (Lipinski definition) is 5. The number of nitrogens with one attached hydrogen (secondary N) is 2. The Labute approximate surface area is 136 Å². The zero-order valence-electron chi connectivity index (χ0n) is 12.7. The molecular weight excluding hydrogens is 306 g/mol. The van der Waals surface area contributed by atoms with Crippen molar-refractivity contribution >= 4 is 39.3 Å². The first-order valence-electron chi connectivity index (χ1n) is 7.31. The van der Waals surface area contributed by atoms with Crippen LogP contribution in [0.2, 0.25) is 0 Å². The summed E-state index contributed by atoms with van der Waals surface area (Å²) in [5.41, 5.74) is 3.18. The van der Waals surface area contributed by atoms with Crippen molar-refractivity contribution in [2.45, 2.75) is 6.92 Å². The number of carbonyl (C=O) groups is 1. The van der Waals surface area contributed by atoms with Crippen LogP contribution in [0.4, 0.5) is 11.5 Å². The van der Waals surface area contributed by atoms with Crippen molar-refractivity contribution < 1.29 is 9.90 Å². The summed E-state index contributed by atoms with van der Waals surface area (Å²) in [6.45, 7) is 1.90. The predicted molar refractivity (Wildman–Crippen MR) is 90.6 cm³/mol. The van der Waals surface area contributed by atoms with Crippen LogP contribution in [-0.4, -0.2) is 31.0 Å². The molecule has 0 spiro atoms. The van der Waals surface area contributed by atoms with Gasteiger partial charge in [0.15, 0.2) is 5.82 Å². The lowest BCUT2D eigenvalue weighted by atomic mass is 10.2. The minimum absolute atomic E-state index is 0.108. The highest BCUT2D eigenvalue weighted by molar-refractivity contribution is 6.11. The van der Waals surface area contributed by atoms with Crippen molar-refractivity contribution in [3.05, 3.63) is 54.2 Å². The lowest BCUT2D eigenvalue weighted by molar-refractivity contribution is 0.0691. The number of nitrogens with zero attached hydrogens (tertiary/aromatic N) is 3. The van der Waals surface area contributed by atoms with Crippen molar-refractivity contribution in [2.24, 2.45) is 0 Å². The topological polar surface area (TPSA) is 104 Å². The molecule has 0 bridgehead atoms. The number of aromatic nitrogens is 4. The maximum Gasteiger partial charge on any atom is 0.352 e. The summed E-state index contributed by atoms with van der Waals surface area (Å²) in [5.74, 6) is -0.462. The largest absolute Gasteiger partial charge is 0.477 e. The third-order valence-electron chi connectivity index (χ3n) is 3.76. The van der Waals surface area contributed by atoms with E-state index in [0.717, 1.165) is 27.7 Å². The summed E-state index contributed by atoms with van der Waals surface area (Å²) in [4.78, 5) is 27.1. The molecule has 0 fully saturated rings. The van der Waals surface area contributed by atoms with Crippen LogP contribution in [0, 0.1) is 6.92 Å². The minimum Gasteiger partial charge on any atom is -0.477 e. The number of pyridine rings is 3. The fourth-order valence-corrected chi connectivity index (χ4v) is 2.69. The molecule has 0 amide bonds. The molecule has 118 valence electrons. The highest BCUT2D eigenvalue weighted by Gasteiger charge is 2.15. The van der Waals surface area contributed by atoms with Crippen LogP contribution in [0.15, 0.2) is 42.9 Å². The minimum atomic E-state index is -1.02. The monoisotopic (exact) mass is 319 g/mol. The first-order chi connectivity index (χ1) is 11.6. The van der Waals surface area contributed by atoms with E-state index in [1.807, 2.05) is 19.1 Å². The Hall–Kier alpha value is -3.48. The Morgan fingerprint density at radius 1 is 1.21 bits per heavy atom. The standard InChI is InChI=1S/C17H13N5O2/c1-9-6-10(2-5-19-9)20-16-15-11(7-14(21-15)17(23)24)12-8-18-4-3-13(12)22-16/h2-8,21H,1H3,(H,23,24)(H,19,20,22). The van der Waals surface area contributed by atoms with E-state index in [0.29, 0.717) is 11.3 Å². The van der Waals surface area contributed by atoms with Crippen molar-refractivity contribution in [2.75, 3.05) is 5.32 Å². The summed E-state index contributed by atoms with van der Waals surface area (Å²) < 4.78 is 0. The molecule has 0 aliphatic heterocycles. The molecule has 4 heterocycles. The van der Waals surface area contributed by atoms with E-state index in [2.05, 4.69) is 25.3 Å². The fourth-order valence-electron chi connectivity index (χ4n) is 2.69. The summed E-state index contributed by atoms with van der Waals surface area (Å²) in [6, 6.07) is 7.13. The van der Waals surface area contributed by atoms with Crippen LogP contribution in [-0.2, 0) is 0 Å². The predicted octanol–water partition coefficient (Wildman–Crippen LogP) is 3.26. The molecule has 0 aliphatic rings. The lowest BCUT2D eigenvalue weighted by Gasteiger charge is -2.09. The first kappa shape index (κ1) is 14.1. The van der Waals surface area contributed by atoms with Crippen molar-refractivity contribution in [1.29, 1.82) is 0 Å². The van der Waals surface area contributed by atoms with Crippen LogP contribution in [0.3, 0.4) is 0 Å². The Kier molecular flexibility index (Phi) is 3.13. The van der Waals surface area contributed by atoms with E-state index in [9.17, 15) is 9.90 Å². The molecule has 0 aromatic carbocycles. The second-order valence-electron chi connectivity index (χ2n) is 5.44. The van der Waals surface area contributed by atoms with Gasteiger partial charge in [0.1, 0.15) is 5.69 Å². The lowest BCUT2D eigenvalue weighted by Crippen LogP contribution is -1.98. The molecule has 3 N–H and O–H groups in total. The first-order valence-corrected chi connectivity index (χ1v) is 7.31. The number of fused-ring (bicyclic) bond motifs is 3. The Morgan fingerprint density at radius 2 is 2.08 bits per heavy atom. The van der Waals surface area contributed by atoms with Crippen molar-refractivity contribution in [3.8, 4) is 0 Å². The van der Waals surface area contributed by atoms with Crippen molar-refractivity contribution in [1.82, 2.24) is 19.9 Å². The molecule has 0 atom stereocenters. The SMILES string of the molecule is Cc1cc(Nc2nc3ccncc3c3cc(C(=O)O)[nH]c23)ccn1. The highest BCUT2D eigenvalue weighted by atomic mass is 16.4. The molecule has 4 aromatic heterocycles. The number of hydrogen-bond donors (Lipinski definition) is 3. The van der Waals surface area contributed by atoms with Gasteiger partial charge in [-0.1, -0.05) is 0 Å². The van der Waals surface area contributed by atoms with Gasteiger partial charge in [-0.25, -0.2) is 9.78 Å². The summed E-state index contributed by atoms with van der Waals surface area (Å²) in [6.07, 6.45) is 5.05. The molecule has 24 heavy (non-hydrogen) atoms. The molecule has 4 aromatic rings. The van der Waals surface area contributed by atoms with E-state index in [-0.39, 0.29) is 5.69 Å². The van der Waals surface area contributed by atoms with Gasteiger partial charge >= 0.3 is 5.97 Å². The third-order valence-corrected chi connectivity index (χ3v) is 3.76. The van der Waals surface area contributed by atoms with Gasteiger partial charge in [0.05, 0.1) is 11.0 Å². The van der Waals surface area contributed by atoms with Gasteiger partial charge in [-0.3, -0.25) is 9.97 Å². The maximum atomic E-state index is 11.3. The van der Waals surface area contributed by atoms with Gasteiger partial charge in [0.25, 0.3) is 0 Å². The van der Waals surface area contributed by atoms with Crippen LogP contribution in [0.25, 0.3) is 21.8 Å². The molecule has 7 heteroatoms. The third kappa shape index (κ3) is 2.32. The number of carboxylic acids is 1. The molecular formula is C17H13N5O2. The number of aryl methyl sites for hydroxylation is 1. The second kappa shape index (κ2) is 5.31. The smallest absolute Gasteiger partial charge is 0.352 e. The van der Waals surface area contributed by atoms with Crippen LogP contribution in [0.1, 0.15) is 16.2 Å². The van der Waals surface area contributed by atoms with Crippen LogP contribution >= 0.6 is 0 Å². The van der Waals surface area contributed by atoms with E-state index < -0.39 is 5.97 Å². The Bertz CT molecular complexity index is 1090. The molecule has 0 saturated heterocycles. The van der Waals surface area contributed by atoms with Gasteiger partial charge in [-0.2, -0.15) is 0 Å². The zero-order valence-corrected chi connectivity index (χ0v) is 12.7. The van der Waals surface area contributed by atoms with Crippen LogP contribution < -0.4 is 5.32 Å². The molecule has 0 aliphatic carbocycles. The summed E-state index contributed by atoms with van der Waals surface area (Å²) >= 11 is 0. The number of aromatic amines is 1. The quantitative estimate of drug-likeness (QED) is 0.535. The van der Waals surface area contributed by atoms with Gasteiger partial charge in [-0.15, -0.1) is 0 Å². The Morgan fingerprint density at radius 3 is 2.88 bits per heavy atom. The van der Waals surface area contributed by atoms with Crippen molar-refractivity contribution in [3.63, 3.8) is 0 Å². The molecule has 4 rings (SSSR count). The maximum absolute atomic E-state index is 11.3. The van der Waals surface area contributed by atoms with Gasteiger partial charge in [-0.05, 0) is 31.2 Å².